The fourth-order valence-corrected chi connectivity index (χ4v) is 7.74. The molecular formula is C48H92O16. The van der Waals surface area contributed by atoms with Crippen LogP contribution in [0.3, 0.4) is 0 Å². The van der Waals surface area contributed by atoms with Crippen LogP contribution in [-0.2, 0) is 28.5 Å². The van der Waals surface area contributed by atoms with Crippen molar-refractivity contribution in [2.75, 3.05) is 26.4 Å². The maximum Gasteiger partial charge on any atom is 0.305 e. The van der Waals surface area contributed by atoms with Gasteiger partial charge in [-0.25, -0.2) is 0 Å². The minimum atomic E-state index is -1.72. The average molecular weight is 925 g/mol. The first-order valence-corrected chi connectivity index (χ1v) is 25.1. The zero-order valence-electron chi connectivity index (χ0n) is 39.5. The van der Waals surface area contributed by atoms with Crippen LogP contribution in [0.25, 0.3) is 0 Å². The van der Waals surface area contributed by atoms with Gasteiger partial charge in [-0.3, -0.25) is 9.59 Å². The Labute approximate surface area is 384 Å². The molecule has 380 valence electrons. The maximum absolute atomic E-state index is 11.7. The van der Waals surface area contributed by atoms with Crippen molar-refractivity contribution in [1.29, 1.82) is 0 Å². The van der Waals surface area contributed by atoms with E-state index in [1.807, 2.05) is 0 Å². The molecule has 0 radical (unpaired) electrons. The molecule has 0 saturated carbocycles. The number of aliphatic hydroxyl groups is 10. The minimum Gasteiger partial charge on any atom is -0.463 e. The van der Waals surface area contributed by atoms with E-state index in [4.69, 9.17) is 29.2 Å². The highest BCUT2D eigenvalue weighted by Crippen LogP contribution is 2.33. The highest BCUT2D eigenvalue weighted by molar-refractivity contribution is 5.69. The molecule has 0 aromatic heterocycles. The Morgan fingerprint density at radius 2 is 0.641 bits per heavy atom. The molecule has 16 nitrogen and oxygen atoms in total. The number of unbranched alkanes of at least 4 members (excludes halogenated alkanes) is 18. The molecule has 0 aromatic carbocycles. The van der Waals surface area contributed by atoms with Crippen LogP contribution in [0.15, 0.2) is 0 Å². The van der Waals surface area contributed by atoms with E-state index in [-0.39, 0.29) is 12.8 Å². The zero-order valence-corrected chi connectivity index (χ0v) is 39.5. The SMILES string of the molecule is CCCCCCCCC1OC1CCCCCCCC(=O)OC[C@@H](O)[C@@H](O)[C@H](O)[C@@H](O)CO.CCCCCCCCC1OC1CCCCCCCC(=O)OC[C@H](O)[C@@H](O)[C@H](O)[C@H](O)CO. The Balaban J connectivity index is 0.000000640. The summed E-state index contributed by atoms with van der Waals surface area (Å²) in [5, 5.41) is 93.8. The molecule has 2 fully saturated rings. The highest BCUT2D eigenvalue weighted by atomic mass is 16.6. The molecule has 2 aliphatic rings. The molecule has 0 aliphatic carbocycles. The summed E-state index contributed by atoms with van der Waals surface area (Å²) < 4.78 is 21.3. The molecule has 4 unspecified atom stereocenters. The number of carbonyl (C=O) groups excluding carboxylic acids is 2. The molecule has 64 heavy (non-hydrogen) atoms. The van der Waals surface area contributed by atoms with Crippen molar-refractivity contribution in [3.05, 3.63) is 0 Å². The van der Waals surface area contributed by atoms with Crippen LogP contribution < -0.4 is 0 Å². The first kappa shape index (κ1) is 60.5. The molecular weight excluding hydrogens is 833 g/mol. The van der Waals surface area contributed by atoms with Gasteiger partial charge in [0, 0.05) is 12.8 Å². The predicted octanol–water partition coefficient (Wildman–Crippen LogP) is 4.43. The number of hydrogen-bond donors (Lipinski definition) is 10. The number of carbonyl (C=O) groups is 2. The fraction of sp³-hybridized carbons (Fsp3) is 0.958. The third-order valence-corrected chi connectivity index (χ3v) is 12.3. The van der Waals surface area contributed by atoms with Gasteiger partial charge in [0.05, 0.1) is 37.6 Å². The van der Waals surface area contributed by atoms with E-state index in [1.54, 1.807) is 0 Å². The molecule has 2 saturated heterocycles. The Morgan fingerprint density at radius 1 is 0.391 bits per heavy atom. The Kier molecular flexibility index (Phi) is 36.3. The zero-order chi connectivity index (χ0) is 47.5. The lowest BCUT2D eigenvalue weighted by atomic mass is 10.0. The molecule has 10 N–H and O–H groups in total. The summed E-state index contributed by atoms with van der Waals surface area (Å²) in [6, 6.07) is 0. The van der Waals surface area contributed by atoms with Crippen LogP contribution in [0.1, 0.15) is 194 Å². The summed E-state index contributed by atoms with van der Waals surface area (Å²) in [5.74, 6) is -0.949. The molecule has 2 aliphatic heterocycles. The van der Waals surface area contributed by atoms with Gasteiger partial charge in [-0.15, -0.1) is 0 Å². The van der Waals surface area contributed by atoms with E-state index in [0.29, 0.717) is 37.3 Å². The van der Waals surface area contributed by atoms with E-state index in [1.165, 1.54) is 89.9 Å². The van der Waals surface area contributed by atoms with E-state index in [9.17, 15) is 50.4 Å². The van der Waals surface area contributed by atoms with Gasteiger partial charge in [0.1, 0.15) is 62.0 Å². The first-order valence-electron chi connectivity index (χ1n) is 25.1. The van der Waals surface area contributed by atoms with E-state index < -0.39 is 87.2 Å². The van der Waals surface area contributed by atoms with E-state index in [2.05, 4.69) is 13.8 Å². The number of esters is 2. The number of rotatable bonds is 42. The van der Waals surface area contributed by atoms with Gasteiger partial charge in [0.2, 0.25) is 0 Å². The molecule has 2 rings (SSSR count). The highest BCUT2D eigenvalue weighted by Gasteiger charge is 2.38. The van der Waals surface area contributed by atoms with Gasteiger partial charge >= 0.3 is 11.9 Å². The van der Waals surface area contributed by atoms with Gasteiger partial charge < -0.3 is 70.0 Å². The monoisotopic (exact) mass is 925 g/mol. The van der Waals surface area contributed by atoms with Crippen molar-refractivity contribution in [1.82, 2.24) is 0 Å². The van der Waals surface area contributed by atoms with E-state index >= 15 is 0 Å². The predicted molar refractivity (Wildman–Crippen MR) is 242 cm³/mol. The van der Waals surface area contributed by atoms with Crippen molar-refractivity contribution in [3.8, 4) is 0 Å². The van der Waals surface area contributed by atoms with Crippen molar-refractivity contribution in [2.24, 2.45) is 0 Å². The van der Waals surface area contributed by atoms with E-state index in [0.717, 1.165) is 64.2 Å². The lowest BCUT2D eigenvalue weighted by Gasteiger charge is -2.25. The van der Waals surface area contributed by atoms with Gasteiger partial charge in [-0.05, 0) is 38.5 Å². The van der Waals surface area contributed by atoms with Crippen LogP contribution in [0.4, 0.5) is 0 Å². The third-order valence-electron chi connectivity index (χ3n) is 12.3. The van der Waals surface area contributed by atoms with Gasteiger partial charge in [0.15, 0.2) is 0 Å². The lowest BCUT2D eigenvalue weighted by molar-refractivity contribution is -0.156. The first-order chi connectivity index (χ1) is 30.8. The van der Waals surface area contributed by atoms with Gasteiger partial charge in [-0.2, -0.15) is 0 Å². The summed E-state index contributed by atoms with van der Waals surface area (Å²) in [6.07, 6.45) is 19.7. The third kappa shape index (κ3) is 30.0. The molecule has 0 amide bonds. The second-order valence-corrected chi connectivity index (χ2v) is 18.1. The van der Waals surface area contributed by atoms with Crippen LogP contribution in [0.5, 0.6) is 0 Å². The molecule has 12 atom stereocenters. The number of hydrogen-bond acceptors (Lipinski definition) is 16. The second-order valence-electron chi connectivity index (χ2n) is 18.1. The number of aliphatic hydroxyl groups excluding tert-OH is 10. The lowest BCUT2D eigenvalue weighted by Crippen LogP contribution is -2.47. The van der Waals surface area contributed by atoms with Crippen molar-refractivity contribution in [3.63, 3.8) is 0 Å². The number of epoxide rings is 2. The van der Waals surface area contributed by atoms with Crippen molar-refractivity contribution < 1.29 is 79.6 Å². The smallest absolute Gasteiger partial charge is 0.305 e. The Morgan fingerprint density at radius 3 is 0.922 bits per heavy atom. The van der Waals surface area contributed by atoms with Crippen LogP contribution in [0, 0.1) is 0 Å². The van der Waals surface area contributed by atoms with Gasteiger partial charge in [-0.1, -0.05) is 142 Å². The van der Waals surface area contributed by atoms with Crippen LogP contribution >= 0.6 is 0 Å². The Bertz CT molecular complexity index is 1030. The molecule has 2 heterocycles. The maximum atomic E-state index is 11.7. The molecule has 16 heteroatoms. The summed E-state index contributed by atoms with van der Waals surface area (Å²) in [5.41, 5.74) is 0. The summed E-state index contributed by atoms with van der Waals surface area (Å²) in [4.78, 5) is 23.5. The van der Waals surface area contributed by atoms with Crippen molar-refractivity contribution >= 4 is 11.9 Å². The minimum absolute atomic E-state index is 0.233. The fourth-order valence-electron chi connectivity index (χ4n) is 7.74. The summed E-state index contributed by atoms with van der Waals surface area (Å²) >= 11 is 0. The van der Waals surface area contributed by atoms with Gasteiger partial charge in [0.25, 0.3) is 0 Å². The summed E-state index contributed by atoms with van der Waals surface area (Å²) in [6.45, 7) is 2.02. The number of ether oxygens (including phenoxy) is 4. The average Bonchev–Trinajstić information content (AvgIpc) is 4.24. The van der Waals surface area contributed by atoms with Crippen LogP contribution in [0.2, 0.25) is 0 Å². The second kappa shape index (κ2) is 38.4. The Hall–Kier alpha value is -1.54. The standard InChI is InChI=1S/2C24H46O8/c2*1-2-3-4-5-7-10-13-20-21(32-20)14-11-8-6-9-12-15-22(28)31-17-19(27)24(30)23(29)18(26)16-25/h2*18-21,23-27,29-30H,2-17H2,1H3/t18-,19+,20?,21?,23+,24+;18-,19+,20?,21?,23-,24-/m01/s1. The quantitative estimate of drug-likeness (QED) is 0.0230. The normalized spacial score (nSPS) is 21.7. The summed E-state index contributed by atoms with van der Waals surface area (Å²) in [7, 11) is 0. The van der Waals surface area contributed by atoms with Crippen LogP contribution in [-0.4, -0.2) is 163 Å². The van der Waals surface area contributed by atoms with Crippen molar-refractivity contribution in [2.45, 2.75) is 267 Å². The largest absolute Gasteiger partial charge is 0.463 e. The topological polar surface area (TPSA) is 280 Å². The molecule has 0 spiro atoms. The molecule has 0 bridgehead atoms. The molecule has 0 aromatic rings.